The van der Waals surface area contributed by atoms with E-state index >= 15 is 0 Å². The number of halogens is 2. The lowest BCUT2D eigenvalue weighted by molar-refractivity contribution is -0.111. The molecular formula is C21H15Cl2NO3S. The van der Waals surface area contributed by atoms with Crippen LogP contribution in [0.5, 0.6) is 0 Å². The topological polar surface area (TPSA) is 55.4 Å². The van der Waals surface area contributed by atoms with E-state index in [9.17, 15) is 9.59 Å². The monoisotopic (exact) mass is 431 g/mol. The second kappa shape index (κ2) is 9.06. The van der Waals surface area contributed by atoms with Gasteiger partial charge in [0.15, 0.2) is 0 Å². The van der Waals surface area contributed by atoms with Gasteiger partial charge in [0.05, 0.1) is 7.11 Å². The van der Waals surface area contributed by atoms with Gasteiger partial charge in [0.2, 0.25) is 5.91 Å². The number of hydrogen-bond acceptors (Lipinski definition) is 4. The molecule has 0 bridgehead atoms. The predicted molar refractivity (Wildman–Crippen MR) is 115 cm³/mol. The van der Waals surface area contributed by atoms with Crippen molar-refractivity contribution in [2.45, 2.75) is 0 Å². The lowest BCUT2D eigenvalue weighted by Crippen LogP contribution is -2.11. The molecule has 0 aliphatic carbocycles. The Kier molecular flexibility index (Phi) is 6.52. The van der Waals surface area contributed by atoms with Crippen LogP contribution in [0.1, 0.15) is 15.9 Å². The first kappa shape index (κ1) is 20.1. The van der Waals surface area contributed by atoms with E-state index < -0.39 is 5.97 Å². The highest BCUT2D eigenvalue weighted by Gasteiger charge is 2.21. The summed E-state index contributed by atoms with van der Waals surface area (Å²) in [7, 11) is 1.30. The zero-order valence-corrected chi connectivity index (χ0v) is 17.1. The van der Waals surface area contributed by atoms with Gasteiger partial charge >= 0.3 is 5.97 Å². The molecule has 1 heterocycles. The molecule has 0 atom stereocenters. The van der Waals surface area contributed by atoms with Crippen LogP contribution in [-0.4, -0.2) is 19.0 Å². The third kappa shape index (κ3) is 4.81. The number of anilines is 1. The third-order valence-corrected chi connectivity index (χ3v) is 5.27. The van der Waals surface area contributed by atoms with Crippen LogP contribution in [0.15, 0.2) is 60.0 Å². The maximum absolute atomic E-state index is 12.3. The Morgan fingerprint density at radius 1 is 1.00 bits per heavy atom. The van der Waals surface area contributed by atoms with Gasteiger partial charge in [-0.2, -0.15) is 0 Å². The highest BCUT2D eigenvalue weighted by molar-refractivity contribution is 7.15. The molecular weight excluding hydrogens is 417 g/mol. The number of ether oxygens (including phenoxy) is 1. The second-order valence-electron chi connectivity index (χ2n) is 5.73. The summed E-state index contributed by atoms with van der Waals surface area (Å²) in [5.74, 6) is -0.882. The molecule has 0 fully saturated rings. The van der Waals surface area contributed by atoms with Crippen LogP contribution >= 0.6 is 34.5 Å². The summed E-state index contributed by atoms with van der Waals surface area (Å²) < 4.78 is 4.90. The van der Waals surface area contributed by atoms with Crippen molar-refractivity contribution in [1.82, 2.24) is 0 Å². The smallest absolute Gasteiger partial charge is 0.341 e. The van der Waals surface area contributed by atoms with E-state index in [2.05, 4.69) is 5.32 Å². The lowest BCUT2D eigenvalue weighted by atomic mass is 10.0. The minimum Gasteiger partial charge on any atom is -0.465 e. The summed E-state index contributed by atoms with van der Waals surface area (Å²) in [5.41, 5.74) is 2.62. The van der Waals surface area contributed by atoms with Crippen molar-refractivity contribution in [2.75, 3.05) is 12.4 Å². The second-order valence-corrected chi connectivity index (χ2v) is 7.48. The molecule has 0 unspecified atom stereocenters. The third-order valence-electron chi connectivity index (χ3n) is 3.87. The van der Waals surface area contributed by atoms with E-state index in [1.54, 1.807) is 47.9 Å². The summed E-state index contributed by atoms with van der Waals surface area (Å²) in [4.78, 5) is 24.6. The van der Waals surface area contributed by atoms with Gasteiger partial charge in [-0.05, 0) is 41.5 Å². The van der Waals surface area contributed by atoms with Gasteiger partial charge in [-0.3, -0.25) is 4.79 Å². The quantitative estimate of drug-likeness (QED) is 0.388. The van der Waals surface area contributed by atoms with Crippen molar-refractivity contribution in [3.8, 4) is 11.1 Å². The van der Waals surface area contributed by atoms with Crippen LogP contribution in [0.4, 0.5) is 5.00 Å². The molecule has 142 valence electrons. The maximum atomic E-state index is 12.3. The lowest BCUT2D eigenvalue weighted by Gasteiger charge is -2.07. The van der Waals surface area contributed by atoms with E-state index in [-0.39, 0.29) is 5.91 Å². The number of rotatable bonds is 5. The first-order valence-corrected chi connectivity index (χ1v) is 9.82. The molecule has 1 N–H and O–H groups in total. The summed E-state index contributed by atoms with van der Waals surface area (Å²) in [6.07, 6.45) is 3.06. The van der Waals surface area contributed by atoms with Crippen molar-refractivity contribution in [1.29, 1.82) is 0 Å². The summed E-state index contributed by atoms with van der Waals surface area (Å²) >= 11 is 13.0. The Labute approximate surface area is 176 Å². The molecule has 0 saturated heterocycles. The van der Waals surface area contributed by atoms with Crippen molar-refractivity contribution in [2.24, 2.45) is 0 Å². The number of nitrogens with one attached hydrogen (secondary N) is 1. The first-order chi connectivity index (χ1) is 13.5. The zero-order valence-electron chi connectivity index (χ0n) is 14.7. The molecule has 2 aromatic carbocycles. The number of amides is 1. The number of methoxy groups -OCH3 is 1. The van der Waals surface area contributed by atoms with Gasteiger partial charge in [-0.25, -0.2) is 4.79 Å². The fourth-order valence-corrected chi connectivity index (χ4v) is 3.71. The van der Waals surface area contributed by atoms with E-state index in [0.717, 1.165) is 11.1 Å². The number of benzene rings is 2. The summed E-state index contributed by atoms with van der Waals surface area (Å²) in [5, 5.41) is 6.19. The van der Waals surface area contributed by atoms with E-state index in [4.69, 9.17) is 27.9 Å². The number of thiophene rings is 1. The van der Waals surface area contributed by atoms with Crippen molar-refractivity contribution in [3.05, 3.63) is 81.2 Å². The molecule has 0 saturated carbocycles. The average molecular weight is 432 g/mol. The van der Waals surface area contributed by atoms with Crippen LogP contribution in [0.2, 0.25) is 10.0 Å². The van der Waals surface area contributed by atoms with Crippen molar-refractivity contribution in [3.63, 3.8) is 0 Å². The minimum absolute atomic E-state index is 0.308. The molecule has 3 rings (SSSR count). The van der Waals surface area contributed by atoms with Crippen LogP contribution in [0.25, 0.3) is 17.2 Å². The molecule has 0 radical (unpaired) electrons. The van der Waals surface area contributed by atoms with Crippen molar-refractivity contribution < 1.29 is 14.3 Å². The van der Waals surface area contributed by atoms with E-state index in [1.807, 2.05) is 12.1 Å². The van der Waals surface area contributed by atoms with Crippen LogP contribution < -0.4 is 5.32 Å². The van der Waals surface area contributed by atoms with E-state index in [0.29, 0.717) is 26.2 Å². The Balaban J connectivity index is 1.85. The normalized spacial score (nSPS) is 10.8. The standard InChI is InChI=1S/C21H15Cl2NO3S/c1-27-21(26)19-17(14-5-9-16(23)10-6-14)12-28-20(19)24-18(25)11-4-13-2-7-15(22)8-3-13/h2-12H,1H3,(H,24,25). The number of hydrogen-bond donors (Lipinski definition) is 1. The molecule has 0 aliphatic rings. The molecule has 1 aromatic heterocycles. The summed E-state index contributed by atoms with van der Waals surface area (Å²) in [6, 6.07) is 14.2. The van der Waals surface area contributed by atoms with Gasteiger partial charge in [-0.15, -0.1) is 11.3 Å². The SMILES string of the molecule is COC(=O)c1c(-c2ccc(Cl)cc2)csc1NC(=O)C=Cc1ccc(Cl)cc1. The minimum atomic E-state index is -0.525. The van der Waals surface area contributed by atoms with Gasteiger partial charge in [0, 0.05) is 27.1 Å². The Hall–Kier alpha value is -2.60. The fraction of sp³-hybridized carbons (Fsp3) is 0.0476. The zero-order chi connectivity index (χ0) is 20.1. The highest BCUT2D eigenvalue weighted by atomic mass is 35.5. The Morgan fingerprint density at radius 2 is 1.61 bits per heavy atom. The number of esters is 1. The molecule has 3 aromatic rings. The van der Waals surface area contributed by atoms with E-state index in [1.165, 1.54) is 24.5 Å². The average Bonchev–Trinajstić information content (AvgIpc) is 3.11. The molecule has 0 aliphatic heterocycles. The van der Waals surface area contributed by atoms with Crippen LogP contribution in [0.3, 0.4) is 0 Å². The molecule has 4 nitrogen and oxygen atoms in total. The number of carbonyl (C=O) groups excluding carboxylic acids is 2. The van der Waals surface area contributed by atoms with Gasteiger partial charge in [0.1, 0.15) is 10.6 Å². The predicted octanol–water partition coefficient (Wildman–Crippen LogP) is 6.16. The fourth-order valence-electron chi connectivity index (χ4n) is 2.50. The van der Waals surface area contributed by atoms with Gasteiger partial charge < -0.3 is 10.1 Å². The first-order valence-electron chi connectivity index (χ1n) is 8.18. The highest BCUT2D eigenvalue weighted by Crippen LogP contribution is 2.36. The Morgan fingerprint density at radius 3 is 2.21 bits per heavy atom. The summed E-state index contributed by atoms with van der Waals surface area (Å²) in [6.45, 7) is 0. The molecule has 7 heteroatoms. The maximum Gasteiger partial charge on any atom is 0.341 e. The number of carbonyl (C=O) groups is 2. The molecule has 28 heavy (non-hydrogen) atoms. The molecule has 1 amide bonds. The Bertz CT molecular complexity index is 1020. The van der Waals surface area contributed by atoms with Crippen molar-refractivity contribution >= 4 is 57.5 Å². The van der Waals surface area contributed by atoms with Crippen LogP contribution in [0, 0.1) is 0 Å². The van der Waals surface area contributed by atoms with Crippen LogP contribution in [-0.2, 0) is 9.53 Å². The molecule has 0 spiro atoms. The van der Waals surface area contributed by atoms with Gasteiger partial charge in [0.25, 0.3) is 0 Å². The largest absolute Gasteiger partial charge is 0.465 e. The van der Waals surface area contributed by atoms with Gasteiger partial charge in [-0.1, -0.05) is 47.5 Å².